The lowest BCUT2D eigenvalue weighted by Crippen LogP contribution is -2.01. The zero-order valence-corrected chi connectivity index (χ0v) is 11.3. The van der Waals surface area contributed by atoms with E-state index in [1.54, 1.807) is 18.4 Å². The van der Waals surface area contributed by atoms with Crippen molar-refractivity contribution < 1.29 is 14.3 Å². The molecule has 20 heavy (non-hydrogen) atoms. The summed E-state index contributed by atoms with van der Waals surface area (Å²) in [6.07, 6.45) is 2.11. The SMILES string of the molecule is O=C(O)c1nc(-c2ccco2)sc1Cc1ccccc1. The summed E-state index contributed by atoms with van der Waals surface area (Å²) in [7, 11) is 0. The Labute approximate surface area is 119 Å². The van der Waals surface area contributed by atoms with Crippen LogP contribution in [-0.2, 0) is 6.42 Å². The molecule has 100 valence electrons. The molecule has 0 radical (unpaired) electrons. The Hall–Kier alpha value is -2.40. The Morgan fingerprint density at radius 1 is 1.20 bits per heavy atom. The van der Waals surface area contributed by atoms with Crippen molar-refractivity contribution in [3.63, 3.8) is 0 Å². The maximum absolute atomic E-state index is 11.3. The van der Waals surface area contributed by atoms with E-state index in [0.717, 1.165) is 10.4 Å². The number of furan rings is 1. The summed E-state index contributed by atoms with van der Waals surface area (Å²) in [6, 6.07) is 13.3. The van der Waals surface area contributed by atoms with Gasteiger partial charge in [0.2, 0.25) is 0 Å². The number of thiazole rings is 1. The molecule has 0 aliphatic carbocycles. The molecule has 0 saturated heterocycles. The Kier molecular flexibility index (Phi) is 3.35. The summed E-state index contributed by atoms with van der Waals surface area (Å²) in [5.74, 6) is -0.415. The predicted octanol–water partition coefficient (Wildman–Crippen LogP) is 3.69. The Bertz CT molecular complexity index is 717. The van der Waals surface area contributed by atoms with Gasteiger partial charge in [0, 0.05) is 11.3 Å². The normalized spacial score (nSPS) is 10.6. The van der Waals surface area contributed by atoms with Gasteiger partial charge in [0.25, 0.3) is 0 Å². The summed E-state index contributed by atoms with van der Waals surface area (Å²) in [5.41, 5.74) is 1.16. The molecule has 1 aromatic carbocycles. The number of nitrogens with zero attached hydrogens (tertiary/aromatic N) is 1. The van der Waals surface area contributed by atoms with E-state index in [4.69, 9.17) is 4.42 Å². The molecule has 4 nitrogen and oxygen atoms in total. The van der Waals surface area contributed by atoms with Crippen molar-refractivity contribution in [2.45, 2.75) is 6.42 Å². The molecule has 1 N–H and O–H groups in total. The van der Waals surface area contributed by atoms with Crippen molar-refractivity contribution in [3.05, 3.63) is 64.9 Å². The fraction of sp³-hybridized carbons (Fsp3) is 0.0667. The zero-order valence-electron chi connectivity index (χ0n) is 10.4. The zero-order chi connectivity index (χ0) is 13.9. The van der Waals surface area contributed by atoms with Crippen molar-refractivity contribution >= 4 is 17.3 Å². The third kappa shape index (κ3) is 2.48. The second-order valence-electron chi connectivity index (χ2n) is 4.24. The Balaban J connectivity index is 1.99. The molecule has 0 saturated carbocycles. The minimum atomic E-state index is -1.01. The van der Waals surface area contributed by atoms with Gasteiger partial charge in [0.05, 0.1) is 6.26 Å². The fourth-order valence-electron chi connectivity index (χ4n) is 1.93. The van der Waals surface area contributed by atoms with E-state index in [2.05, 4.69) is 4.98 Å². The highest BCUT2D eigenvalue weighted by Crippen LogP contribution is 2.30. The van der Waals surface area contributed by atoms with Crippen LogP contribution in [0.5, 0.6) is 0 Å². The van der Waals surface area contributed by atoms with Crippen LogP contribution in [0, 0.1) is 0 Å². The molecule has 0 spiro atoms. The second-order valence-corrected chi connectivity index (χ2v) is 5.32. The van der Waals surface area contributed by atoms with Crippen LogP contribution in [0.3, 0.4) is 0 Å². The summed E-state index contributed by atoms with van der Waals surface area (Å²) in [5, 5.41) is 9.86. The van der Waals surface area contributed by atoms with E-state index >= 15 is 0 Å². The second kappa shape index (κ2) is 5.30. The maximum atomic E-state index is 11.3. The third-order valence-corrected chi connectivity index (χ3v) is 3.91. The quantitative estimate of drug-likeness (QED) is 0.794. The van der Waals surface area contributed by atoms with Crippen LogP contribution in [0.4, 0.5) is 0 Å². The average molecular weight is 285 g/mol. The van der Waals surface area contributed by atoms with Gasteiger partial charge in [-0.3, -0.25) is 0 Å². The molecule has 2 heterocycles. The van der Waals surface area contributed by atoms with E-state index in [-0.39, 0.29) is 5.69 Å². The molecule has 0 bridgehead atoms. The molecule has 0 unspecified atom stereocenters. The summed E-state index contributed by atoms with van der Waals surface area (Å²) in [6.45, 7) is 0. The number of carboxylic acids is 1. The predicted molar refractivity (Wildman–Crippen MR) is 76.0 cm³/mol. The number of hydrogen-bond donors (Lipinski definition) is 1. The van der Waals surface area contributed by atoms with Crippen LogP contribution >= 0.6 is 11.3 Å². The standard InChI is InChI=1S/C15H11NO3S/c17-15(18)13-12(9-10-5-2-1-3-6-10)20-14(16-13)11-7-4-8-19-11/h1-8H,9H2,(H,17,18). The highest BCUT2D eigenvalue weighted by Gasteiger charge is 2.19. The van der Waals surface area contributed by atoms with Gasteiger partial charge in [-0.25, -0.2) is 9.78 Å². The van der Waals surface area contributed by atoms with E-state index in [1.807, 2.05) is 30.3 Å². The van der Waals surface area contributed by atoms with Gasteiger partial charge in [0.1, 0.15) is 0 Å². The molecule has 0 amide bonds. The number of benzene rings is 1. The number of carbonyl (C=O) groups is 1. The molecule has 2 aromatic heterocycles. The topological polar surface area (TPSA) is 63.3 Å². The van der Waals surface area contributed by atoms with Gasteiger partial charge in [-0.2, -0.15) is 0 Å². The van der Waals surface area contributed by atoms with Crippen LogP contribution in [0.25, 0.3) is 10.8 Å². The number of carboxylic acid groups (broad SMARTS) is 1. The average Bonchev–Trinajstić information content (AvgIpc) is 3.08. The van der Waals surface area contributed by atoms with Gasteiger partial charge >= 0.3 is 5.97 Å². The number of aromatic carboxylic acids is 1. The first kappa shape index (κ1) is 12.6. The van der Waals surface area contributed by atoms with Gasteiger partial charge in [0.15, 0.2) is 16.5 Å². The van der Waals surface area contributed by atoms with Crippen LogP contribution in [0.2, 0.25) is 0 Å². The molecular formula is C15H11NO3S. The van der Waals surface area contributed by atoms with Crippen molar-refractivity contribution in [3.8, 4) is 10.8 Å². The first-order valence-corrected chi connectivity index (χ1v) is 6.86. The summed E-state index contributed by atoms with van der Waals surface area (Å²) in [4.78, 5) is 16.2. The monoisotopic (exact) mass is 285 g/mol. The van der Waals surface area contributed by atoms with E-state index in [9.17, 15) is 9.90 Å². The number of aromatic nitrogens is 1. The van der Waals surface area contributed by atoms with Gasteiger partial charge < -0.3 is 9.52 Å². The lowest BCUT2D eigenvalue weighted by Gasteiger charge is -1.98. The van der Waals surface area contributed by atoms with Crippen molar-refractivity contribution in [2.24, 2.45) is 0 Å². The van der Waals surface area contributed by atoms with Crippen molar-refractivity contribution in [1.29, 1.82) is 0 Å². The Morgan fingerprint density at radius 3 is 2.65 bits per heavy atom. The highest BCUT2D eigenvalue weighted by molar-refractivity contribution is 7.15. The molecule has 3 aromatic rings. The van der Waals surface area contributed by atoms with Crippen LogP contribution < -0.4 is 0 Å². The van der Waals surface area contributed by atoms with E-state index in [0.29, 0.717) is 17.2 Å². The van der Waals surface area contributed by atoms with Crippen LogP contribution in [0.15, 0.2) is 53.1 Å². The first-order valence-electron chi connectivity index (χ1n) is 6.05. The largest absolute Gasteiger partial charge is 0.476 e. The lowest BCUT2D eigenvalue weighted by atomic mass is 10.1. The van der Waals surface area contributed by atoms with E-state index < -0.39 is 5.97 Å². The van der Waals surface area contributed by atoms with Gasteiger partial charge in [-0.05, 0) is 17.7 Å². The van der Waals surface area contributed by atoms with E-state index in [1.165, 1.54) is 11.3 Å². The number of rotatable bonds is 4. The molecule has 0 atom stereocenters. The molecule has 3 rings (SSSR count). The van der Waals surface area contributed by atoms with Gasteiger partial charge in [-0.15, -0.1) is 11.3 Å². The molecule has 0 fully saturated rings. The highest BCUT2D eigenvalue weighted by atomic mass is 32.1. The first-order chi connectivity index (χ1) is 9.74. The fourth-order valence-corrected chi connectivity index (χ4v) is 2.98. The van der Waals surface area contributed by atoms with Crippen LogP contribution in [0.1, 0.15) is 20.9 Å². The molecular weight excluding hydrogens is 274 g/mol. The van der Waals surface area contributed by atoms with Crippen LogP contribution in [-0.4, -0.2) is 16.1 Å². The molecule has 0 aliphatic heterocycles. The summed E-state index contributed by atoms with van der Waals surface area (Å²) >= 11 is 1.35. The minimum Gasteiger partial charge on any atom is -0.476 e. The number of hydrogen-bond acceptors (Lipinski definition) is 4. The Morgan fingerprint density at radius 2 is 2.00 bits per heavy atom. The molecule has 5 heteroatoms. The van der Waals surface area contributed by atoms with Crippen molar-refractivity contribution in [2.75, 3.05) is 0 Å². The third-order valence-electron chi connectivity index (χ3n) is 2.84. The smallest absolute Gasteiger partial charge is 0.355 e. The van der Waals surface area contributed by atoms with Gasteiger partial charge in [-0.1, -0.05) is 30.3 Å². The minimum absolute atomic E-state index is 0.102. The molecule has 0 aliphatic rings. The maximum Gasteiger partial charge on any atom is 0.355 e. The summed E-state index contributed by atoms with van der Waals surface area (Å²) < 4.78 is 5.27. The van der Waals surface area contributed by atoms with Crippen molar-refractivity contribution in [1.82, 2.24) is 4.98 Å². The lowest BCUT2D eigenvalue weighted by molar-refractivity contribution is 0.0690.